The van der Waals surface area contributed by atoms with Gasteiger partial charge in [-0.2, -0.15) is 0 Å². The Kier molecular flexibility index (Phi) is 4.87. The molecule has 3 nitrogen and oxygen atoms in total. The Hall–Kier alpha value is -0.580. The predicted molar refractivity (Wildman–Crippen MR) is 78.0 cm³/mol. The molecule has 1 aliphatic carbocycles. The highest BCUT2D eigenvalue weighted by atomic mass is 35.5. The summed E-state index contributed by atoms with van der Waals surface area (Å²) in [6, 6.07) is 6.90. The molecule has 0 aliphatic heterocycles. The molecule has 0 saturated heterocycles. The molecule has 2 unspecified atom stereocenters. The second-order valence-corrected chi connectivity index (χ2v) is 7.26. The lowest BCUT2D eigenvalue weighted by Crippen LogP contribution is -2.42. The molecule has 1 fully saturated rings. The van der Waals surface area contributed by atoms with Crippen LogP contribution in [0.5, 0.6) is 0 Å². The van der Waals surface area contributed by atoms with E-state index in [1.54, 1.807) is 12.1 Å². The summed E-state index contributed by atoms with van der Waals surface area (Å²) in [6.07, 6.45) is 4.09. The van der Waals surface area contributed by atoms with Crippen LogP contribution in [-0.2, 0) is 10.0 Å². The van der Waals surface area contributed by atoms with E-state index >= 15 is 0 Å². The lowest BCUT2D eigenvalue weighted by molar-refractivity contribution is 0.314. The second-order valence-electron chi connectivity index (χ2n) is 5.24. The van der Waals surface area contributed by atoms with E-state index in [9.17, 15) is 8.42 Å². The first-order valence-corrected chi connectivity index (χ1v) is 8.69. The topological polar surface area (TPSA) is 46.2 Å². The van der Waals surface area contributed by atoms with Crippen molar-refractivity contribution in [2.45, 2.75) is 43.5 Å². The Morgan fingerprint density at radius 2 is 1.84 bits per heavy atom. The van der Waals surface area contributed by atoms with E-state index in [0.29, 0.717) is 10.8 Å². The van der Waals surface area contributed by atoms with Crippen molar-refractivity contribution in [1.29, 1.82) is 0 Å². The maximum Gasteiger partial charge on any atom is 0.240 e. The van der Waals surface area contributed by atoms with Crippen molar-refractivity contribution in [3.8, 4) is 0 Å². The Balaban J connectivity index is 2.14. The third-order valence-electron chi connectivity index (χ3n) is 3.75. The van der Waals surface area contributed by atoms with Gasteiger partial charge in [0.15, 0.2) is 0 Å². The SMILES string of the molecule is Cc1ccc(S(=O)(=O)NC2CCCCC2CCl)cc1. The third kappa shape index (κ3) is 3.71. The maximum absolute atomic E-state index is 12.3. The number of hydrogen-bond donors (Lipinski definition) is 1. The molecule has 1 N–H and O–H groups in total. The predicted octanol–water partition coefficient (Wildman–Crippen LogP) is 3.07. The molecule has 1 aliphatic rings. The van der Waals surface area contributed by atoms with Crippen molar-refractivity contribution < 1.29 is 8.42 Å². The van der Waals surface area contributed by atoms with E-state index in [1.165, 1.54) is 0 Å². The molecule has 0 heterocycles. The Morgan fingerprint density at radius 1 is 1.21 bits per heavy atom. The number of sulfonamides is 1. The van der Waals surface area contributed by atoms with Gasteiger partial charge >= 0.3 is 0 Å². The van der Waals surface area contributed by atoms with Crippen LogP contribution in [0.4, 0.5) is 0 Å². The molecule has 106 valence electrons. The number of hydrogen-bond acceptors (Lipinski definition) is 2. The van der Waals surface area contributed by atoms with Crippen LogP contribution < -0.4 is 4.72 Å². The van der Waals surface area contributed by atoms with Gasteiger partial charge in [-0.1, -0.05) is 30.5 Å². The van der Waals surface area contributed by atoms with Crippen LogP contribution >= 0.6 is 11.6 Å². The minimum absolute atomic E-state index is 0.0300. The lowest BCUT2D eigenvalue weighted by atomic mass is 9.86. The number of nitrogens with one attached hydrogen (secondary N) is 1. The average Bonchev–Trinajstić information content (AvgIpc) is 2.39. The van der Waals surface area contributed by atoms with Crippen molar-refractivity contribution in [1.82, 2.24) is 4.72 Å². The molecule has 5 heteroatoms. The van der Waals surface area contributed by atoms with E-state index in [2.05, 4.69) is 4.72 Å². The van der Waals surface area contributed by atoms with Gasteiger partial charge in [-0.05, 0) is 37.8 Å². The first kappa shape index (κ1) is 14.8. The number of alkyl halides is 1. The van der Waals surface area contributed by atoms with E-state index in [0.717, 1.165) is 31.2 Å². The smallest absolute Gasteiger partial charge is 0.208 e. The summed E-state index contributed by atoms with van der Waals surface area (Å²) < 4.78 is 27.5. The first-order valence-electron chi connectivity index (χ1n) is 6.68. The Morgan fingerprint density at radius 3 is 2.47 bits per heavy atom. The van der Waals surface area contributed by atoms with Crippen molar-refractivity contribution in [2.24, 2.45) is 5.92 Å². The van der Waals surface area contributed by atoms with Crippen molar-refractivity contribution >= 4 is 21.6 Å². The van der Waals surface area contributed by atoms with Crippen LogP contribution in [0.1, 0.15) is 31.2 Å². The number of aryl methyl sites for hydroxylation is 1. The first-order chi connectivity index (χ1) is 9.03. The Labute approximate surface area is 120 Å². The van der Waals surface area contributed by atoms with Gasteiger partial charge < -0.3 is 0 Å². The molecule has 1 aromatic carbocycles. The fourth-order valence-electron chi connectivity index (χ4n) is 2.53. The highest BCUT2D eigenvalue weighted by Crippen LogP contribution is 2.26. The standard InChI is InChI=1S/C14H20ClNO2S/c1-11-6-8-13(9-7-11)19(17,18)16-14-5-3-2-4-12(14)10-15/h6-9,12,14,16H,2-5,10H2,1H3. The maximum atomic E-state index is 12.3. The highest BCUT2D eigenvalue weighted by Gasteiger charge is 2.28. The summed E-state index contributed by atoms with van der Waals surface area (Å²) >= 11 is 5.94. The van der Waals surface area contributed by atoms with Gasteiger partial charge in [0.05, 0.1) is 4.90 Å². The number of halogens is 1. The monoisotopic (exact) mass is 301 g/mol. The second kappa shape index (κ2) is 6.25. The molecule has 2 atom stereocenters. The molecule has 0 aromatic heterocycles. The third-order valence-corrected chi connectivity index (χ3v) is 5.65. The fourth-order valence-corrected chi connectivity index (χ4v) is 4.24. The largest absolute Gasteiger partial charge is 0.240 e. The van der Waals surface area contributed by atoms with Crippen molar-refractivity contribution in [3.05, 3.63) is 29.8 Å². The molecule has 2 rings (SSSR count). The summed E-state index contributed by atoms with van der Waals surface area (Å²) in [7, 11) is -3.43. The number of benzene rings is 1. The summed E-state index contributed by atoms with van der Waals surface area (Å²) in [6.45, 7) is 1.94. The van der Waals surface area contributed by atoms with Crippen molar-refractivity contribution in [2.75, 3.05) is 5.88 Å². The van der Waals surface area contributed by atoms with E-state index in [-0.39, 0.29) is 12.0 Å². The Bertz CT molecular complexity index is 513. The quantitative estimate of drug-likeness (QED) is 0.869. The van der Waals surface area contributed by atoms with Gasteiger partial charge in [0.1, 0.15) is 0 Å². The van der Waals surface area contributed by atoms with E-state index in [4.69, 9.17) is 11.6 Å². The molecular formula is C14H20ClNO2S. The van der Waals surface area contributed by atoms with Gasteiger partial charge in [0.25, 0.3) is 0 Å². The average molecular weight is 302 g/mol. The fraction of sp³-hybridized carbons (Fsp3) is 0.571. The van der Waals surface area contributed by atoms with Gasteiger partial charge in [-0.3, -0.25) is 0 Å². The summed E-state index contributed by atoms with van der Waals surface area (Å²) in [5.74, 6) is 0.761. The zero-order valence-electron chi connectivity index (χ0n) is 11.1. The molecular weight excluding hydrogens is 282 g/mol. The van der Waals surface area contributed by atoms with E-state index < -0.39 is 10.0 Å². The van der Waals surface area contributed by atoms with Crippen LogP contribution in [0.15, 0.2) is 29.2 Å². The molecule has 0 spiro atoms. The number of rotatable bonds is 4. The van der Waals surface area contributed by atoms with Gasteiger partial charge in [-0.15, -0.1) is 11.6 Å². The zero-order chi connectivity index (χ0) is 13.9. The van der Waals surface area contributed by atoms with Crippen LogP contribution in [0.3, 0.4) is 0 Å². The zero-order valence-corrected chi connectivity index (χ0v) is 12.7. The normalized spacial score (nSPS) is 24.3. The van der Waals surface area contributed by atoms with Gasteiger partial charge in [0, 0.05) is 11.9 Å². The van der Waals surface area contributed by atoms with Crippen LogP contribution in [0.2, 0.25) is 0 Å². The highest BCUT2D eigenvalue weighted by molar-refractivity contribution is 7.89. The lowest BCUT2D eigenvalue weighted by Gasteiger charge is -2.30. The molecule has 0 bridgehead atoms. The van der Waals surface area contributed by atoms with Crippen LogP contribution in [-0.4, -0.2) is 20.3 Å². The summed E-state index contributed by atoms with van der Waals surface area (Å²) in [5, 5.41) is 0. The van der Waals surface area contributed by atoms with Gasteiger partial charge in [-0.25, -0.2) is 13.1 Å². The summed E-state index contributed by atoms with van der Waals surface area (Å²) in [5.41, 5.74) is 1.05. The molecule has 0 amide bonds. The van der Waals surface area contributed by atoms with Crippen molar-refractivity contribution in [3.63, 3.8) is 0 Å². The minimum atomic E-state index is -3.43. The molecule has 1 saturated carbocycles. The van der Waals surface area contributed by atoms with Crippen LogP contribution in [0, 0.1) is 12.8 Å². The summed E-state index contributed by atoms with van der Waals surface area (Å²) in [4.78, 5) is 0.331. The van der Waals surface area contributed by atoms with E-state index in [1.807, 2.05) is 19.1 Å². The van der Waals surface area contributed by atoms with Gasteiger partial charge in [0.2, 0.25) is 10.0 Å². The molecule has 0 radical (unpaired) electrons. The minimum Gasteiger partial charge on any atom is -0.208 e. The molecule has 1 aromatic rings. The molecule has 19 heavy (non-hydrogen) atoms. The van der Waals surface area contributed by atoms with Crippen LogP contribution in [0.25, 0.3) is 0 Å².